The average Bonchev–Trinajstić information content (AvgIpc) is 2.38. The molecule has 20 heavy (non-hydrogen) atoms. The molecule has 5 nitrogen and oxygen atoms in total. The molecule has 7 heteroatoms. The van der Waals surface area contributed by atoms with E-state index < -0.39 is 16.1 Å². The van der Waals surface area contributed by atoms with E-state index in [0.29, 0.717) is 6.54 Å². The van der Waals surface area contributed by atoms with E-state index in [1.165, 1.54) is 13.0 Å². The van der Waals surface area contributed by atoms with Gasteiger partial charge in [0.25, 0.3) is 0 Å². The quantitative estimate of drug-likeness (QED) is 0.811. The van der Waals surface area contributed by atoms with Crippen LogP contribution in [-0.4, -0.2) is 26.9 Å². The van der Waals surface area contributed by atoms with Gasteiger partial charge in [-0.05, 0) is 44.0 Å². The highest BCUT2D eigenvalue weighted by molar-refractivity contribution is 9.10. The Morgan fingerprint density at radius 1 is 1.40 bits per heavy atom. The summed E-state index contributed by atoms with van der Waals surface area (Å²) in [6, 6.07) is 3.92. The van der Waals surface area contributed by atoms with Gasteiger partial charge in [-0.3, -0.25) is 4.79 Å². The van der Waals surface area contributed by atoms with E-state index in [4.69, 9.17) is 0 Å². The summed E-state index contributed by atoms with van der Waals surface area (Å²) in [6.45, 7) is 5.79. The van der Waals surface area contributed by atoms with Crippen molar-refractivity contribution in [3.63, 3.8) is 0 Å². The third-order valence-electron chi connectivity index (χ3n) is 2.71. The zero-order chi connectivity index (χ0) is 15.3. The monoisotopic (exact) mass is 362 g/mol. The highest BCUT2D eigenvalue weighted by Crippen LogP contribution is 2.20. The third kappa shape index (κ3) is 4.57. The van der Waals surface area contributed by atoms with E-state index >= 15 is 0 Å². The number of sulfonamides is 1. The Hall–Kier alpha value is -0.920. The molecule has 0 bridgehead atoms. The molecule has 1 aromatic rings. The van der Waals surface area contributed by atoms with Crippen molar-refractivity contribution < 1.29 is 13.2 Å². The summed E-state index contributed by atoms with van der Waals surface area (Å²) < 4.78 is 27.6. The third-order valence-corrected chi connectivity index (χ3v) is 5.14. The molecule has 0 spiro atoms. The first kappa shape index (κ1) is 17.1. The first-order valence-electron chi connectivity index (χ1n) is 6.34. The number of nitrogens with one attached hydrogen (secondary N) is 2. The van der Waals surface area contributed by atoms with Crippen molar-refractivity contribution in [2.45, 2.75) is 38.1 Å². The number of hydrogen-bond donors (Lipinski definition) is 2. The molecule has 2 N–H and O–H groups in total. The molecule has 0 aliphatic carbocycles. The fourth-order valence-corrected chi connectivity index (χ4v) is 3.07. The average molecular weight is 363 g/mol. The Morgan fingerprint density at radius 2 is 2.05 bits per heavy atom. The minimum atomic E-state index is -3.70. The molecular weight excluding hydrogens is 344 g/mol. The molecule has 0 aromatic heterocycles. The van der Waals surface area contributed by atoms with Gasteiger partial charge in [-0.15, -0.1) is 0 Å². The number of halogens is 1. The second kappa shape index (κ2) is 7.19. The summed E-state index contributed by atoms with van der Waals surface area (Å²) in [4.78, 5) is 11.8. The molecular formula is C13H19BrN2O3S. The van der Waals surface area contributed by atoms with E-state index in [-0.39, 0.29) is 10.8 Å². The number of rotatable bonds is 6. The predicted octanol–water partition coefficient (Wildman–Crippen LogP) is 1.95. The standard InChI is InChI=1S/C13H19BrN2O3S/c1-4-7-15-13(17)10(3)16-20(18,19)11-5-6-12(14)9(2)8-11/h5-6,8,10,16H,4,7H2,1-3H3,(H,15,17). The van der Waals surface area contributed by atoms with Gasteiger partial charge in [0.15, 0.2) is 0 Å². The Bertz CT molecular complexity index is 587. The van der Waals surface area contributed by atoms with Crippen LogP contribution in [0.3, 0.4) is 0 Å². The SMILES string of the molecule is CCCNC(=O)C(C)NS(=O)(=O)c1ccc(Br)c(C)c1. The van der Waals surface area contributed by atoms with Crippen LogP contribution in [0.2, 0.25) is 0 Å². The van der Waals surface area contributed by atoms with Crippen molar-refractivity contribution in [1.29, 1.82) is 0 Å². The molecule has 0 aliphatic rings. The molecule has 0 aliphatic heterocycles. The lowest BCUT2D eigenvalue weighted by Crippen LogP contribution is -2.44. The van der Waals surface area contributed by atoms with Gasteiger partial charge in [-0.25, -0.2) is 8.42 Å². The van der Waals surface area contributed by atoms with Crippen LogP contribution >= 0.6 is 15.9 Å². The van der Waals surface area contributed by atoms with Gasteiger partial charge in [0, 0.05) is 11.0 Å². The summed E-state index contributed by atoms with van der Waals surface area (Å²) in [5.74, 6) is -0.329. The molecule has 1 amide bonds. The summed E-state index contributed by atoms with van der Waals surface area (Å²) in [5.41, 5.74) is 0.816. The van der Waals surface area contributed by atoms with Crippen molar-refractivity contribution in [3.05, 3.63) is 28.2 Å². The van der Waals surface area contributed by atoms with Crippen LogP contribution in [0.25, 0.3) is 0 Å². The number of carbonyl (C=O) groups is 1. The van der Waals surface area contributed by atoms with Crippen LogP contribution in [0.4, 0.5) is 0 Å². The number of hydrogen-bond acceptors (Lipinski definition) is 3. The molecule has 1 rings (SSSR count). The van der Waals surface area contributed by atoms with Crippen LogP contribution < -0.4 is 10.0 Å². The molecule has 0 radical (unpaired) electrons. The van der Waals surface area contributed by atoms with Crippen LogP contribution in [0, 0.1) is 6.92 Å². The van der Waals surface area contributed by atoms with Gasteiger partial charge in [0.05, 0.1) is 10.9 Å². The van der Waals surface area contributed by atoms with Gasteiger partial charge in [-0.2, -0.15) is 4.72 Å². The Balaban J connectivity index is 2.84. The maximum Gasteiger partial charge on any atom is 0.241 e. The van der Waals surface area contributed by atoms with E-state index in [1.807, 2.05) is 6.92 Å². The van der Waals surface area contributed by atoms with Gasteiger partial charge in [0.1, 0.15) is 0 Å². The first-order valence-corrected chi connectivity index (χ1v) is 8.61. The van der Waals surface area contributed by atoms with Crippen LogP contribution in [-0.2, 0) is 14.8 Å². The predicted molar refractivity (Wildman–Crippen MR) is 82.0 cm³/mol. The van der Waals surface area contributed by atoms with Crippen molar-refractivity contribution >= 4 is 31.9 Å². The van der Waals surface area contributed by atoms with E-state index in [0.717, 1.165) is 16.5 Å². The minimum absolute atomic E-state index is 0.147. The molecule has 1 unspecified atom stereocenters. The van der Waals surface area contributed by atoms with Gasteiger partial charge < -0.3 is 5.32 Å². The minimum Gasteiger partial charge on any atom is -0.355 e. The molecule has 1 aromatic carbocycles. The highest BCUT2D eigenvalue weighted by Gasteiger charge is 2.22. The molecule has 1 atom stereocenters. The Kier molecular flexibility index (Phi) is 6.16. The zero-order valence-electron chi connectivity index (χ0n) is 11.7. The molecule has 112 valence electrons. The smallest absolute Gasteiger partial charge is 0.241 e. The Labute approximate surface area is 128 Å². The fourth-order valence-electron chi connectivity index (χ4n) is 1.54. The lowest BCUT2D eigenvalue weighted by molar-refractivity contribution is -0.122. The zero-order valence-corrected chi connectivity index (χ0v) is 14.1. The van der Waals surface area contributed by atoms with Gasteiger partial charge in [-0.1, -0.05) is 22.9 Å². The fraction of sp³-hybridized carbons (Fsp3) is 0.462. The molecule has 0 saturated carbocycles. The van der Waals surface area contributed by atoms with Gasteiger partial charge in [0.2, 0.25) is 15.9 Å². The number of amides is 1. The van der Waals surface area contributed by atoms with Crippen molar-refractivity contribution in [2.75, 3.05) is 6.54 Å². The number of aryl methyl sites for hydroxylation is 1. The summed E-state index contributed by atoms with van der Waals surface area (Å²) in [6.07, 6.45) is 0.803. The number of benzene rings is 1. The summed E-state index contributed by atoms with van der Waals surface area (Å²) in [5, 5.41) is 2.65. The van der Waals surface area contributed by atoms with Crippen LogP contribution in [0.5, 0.6) is 0 Å². The maximum atomic E-state index is 12.2. The molecule has 0 fully saturated rings. The van der Waals surface area contributed by atoms with Crippen molar-refractivity contribution in [3.8, 4) is 0 Å². The number of carbonyl (C=O) groups excluding carboxylic acids is 1. The summed E-state index contributed by atoms with van der Waals surface area (Å²) in [7, 11) is -3.70. The second-order valence-electron chi connectivity index (χ2n) is 4.54. The van der Waals surface area contributed by atoms with Crippen LogP contribution in [0.15, 0.2) is 27.6 Å². The van der Waals surface area contributed by atoms with E-state index in [1.54, 1.807) is 19.1 Å². The normalized spacial score (nSPS) is 13.0. The van der Waals surface area contributed by atoms with Crippen molar-refractivity contribution in [1.82, 2.24) is 10.0 Å². The van der Waals surface area contributed by atoms with Crippen LogP contribution in [0.1, 0.15) is 25.8 Å². The largest absolute Gasteiger partial charge is 0.355 e. The van der Waals surface area contributed by atoms with Gasteiger partial charge >= 0.3 is 0 Å². The van der Waals surface area contributed by atoms with E-state index in [9.17, 15) is 13.2 Å². The van der Waals surface area contributed by atoms with Crippen molar-refractivity contribution in [2.24, 2.45) is 0 Å². The topological polar surface area (TPSA) is 75.3 Å². The first-order chi connectivity index (χ1) is 9.27. The van der Waals surface area contributed by atoms with E-state index in [2.05, 4.69) is 26.0 Å². The lowest BCUT2D eigenvalue weighted by Gasteiger charge is -2.14. The molecule has 0 heterocycles. The molecule has 0 saturated heterocycles. The summed E-state index contributed by atoms with van der Waals surface area (Å²) >= 11 is 3.32. The lowest BCUT2D eigenvalue weighted by atomic mass is 10.2. The second-order valence-corrected chi connectivity index (χ2v) is 7.11. The maximum absolute atomic E-state index is 12.2. The Morgan fingerprint density at radius 3 is 2.60 bits per heavy atom. The highest BCUT2D eigenvalue weighted by atomic mass is 79.9.